The molecule has 1 aliphatic heterocycles. The van der Waals surface area contributed by atoms with Gasteiger partial charge in [0.25, 0.3) is 0 Å². The monoisotopic (exact) mass is 347 g/mol. The van der Waals surface area contributed by atoms with Gasteiger partial charge in [-0.25, -0.2) is 4.98 Å². The molecule has 0 bridgehead atoms. The van der Waals surface area contributed by atoms with Crippen molar-refractivity contribution in [1.82, 2.24) is 4.98 Å². The largest absolute Gasteiger partial charge is 0.427 e. The molecule has 3 nitrogen and oxygen atoms in total. The molecule has 0 spiro atoms. The molecule has 0 radical (unpaired) electrons. The minimum atomic E-state index is -4.32. The van der Waals surface area contributed by atoms with Gasteiger partial charge in [-0.3, -0.25) is 0 Å². The molecular weight excluding hydrogens is 335 g/mol. The SMILES string of the molecule is FC(F)(F)c1cnc(N2CCN(c3ccc(Cl)cc3)CC2)s1. The Morgan fingerprint density at radius 3 is 2.14 bits per heavy atom. The molecule has 0 aliphatic carbocycles. The van der Waals surface area contributed by atoms with E-state index in [1.165, 1.54) is 0 Å². The van der Waals surface area contributed by atoms with Gasteiger partial charge in [0.2, 0.25) is 0 Å². The molecule has 0 N–H and O–H groups in total. The Morgan fingerprint density at radius 2 is 1.59 bits per heavy atom. The maximum absolute atomic E-state index is 12.6. The summed E-state index contributed by atoms with van der Waals surface area (Å²) in [5, 5.41) is 1.12. The first-order valence-electron chi connectivity index (χ1n) is 6.72. The van der Waals surface area contributed by atoms with Crippen molar-refractivity contribution in [2.75, 3.05) is 36.0 Å². The van der Waals surface area contributed by atoms with Gasteiger partial charge in [-0.05, 0) is 24.3 Å². The van der Waals surface area contributed by atoms with Gasteiger partial charge in [0, 0.05) is 36.9 Å². The number of hydrogen-bond acceptors (Lipinski definition) is 4. The summed E-state index contributed by atoms with van der Waals surface area (Å²) in [6, 6.07) is 7.56. The van der Waals surface area contributed by atoms with Crippen molar-refractivity contribution in [2.24, 2.45) is 0 Å². The second-order valence-corrected chi connectivity index (χ2v) is 6.40. The van der Waals surface area contributed by atoms with Crippen LogP contribution in [0.15, 0.2) is 30.5 Å². The standard InChI is InChI=1S/C14H13ClF3N3S/c15-10-1-3-11(4-2-10)20-5-7-21(8-6-20)13-19-9-12(22-13)14(16,17)18/h1-4,9H,5-8H2. The van der Waals surface area contributed by atoms with Gasteiger partial charge in [0.1, 0.15) is 4.88 Å². The van der Waals surface area contributed by atoms with Crippen molar-refractivity contribution in [3.05, 3.63) is 40.4 Å². The third-order valence-corrected chi connectivity index (χ3v) is 4.87. The van der Waals surface area contributed by atoms with E-state index in [1.807, 2.05) is 29.2 Å². The van der Waals surface area contributed by atoms with Gasteiger partial charge in [0.05, 0.1) is 6.20 Å². The van der Waals surface area contributed by atoms with Crippen LogP contribution in [0.4, 0.5) is 24.0 Å². The number of piperazine rings is 1. The lowest BCUT2D eigenvalue weighted by Gasteiger charge is -2.36. The second kappa shape index (κ2) is 5.96. The van der Waals surface area contributed by atoms with Crippen molar-refractivity contribution in [3.8, 4) is 0 Å². The van der Waals surface area contributed by atoms with Gasteiger partial charge >= 0.3 is 6.18 Å². The number of aromatic nitrogens is 1. The topological polar surface area (TPSA) is 19.4 Å². The van der Waals surface area contributed by atoms with Crippen LogP contribution in [0.3, 0.4) is 0 Å². The van der Waals surface area contributed by atoms with E-state index in [9.17, 15) is 13.2 Å². The third kappa shape index (κ3) is 3.30. The molecule has 0 amide bonds. The van der Waals surface area contributed by atoms with Crippen molar-refractivity contribution < 1.29 is 13.2 Å². The van der Waals surface area contributed by atoms with Crippen LogP contribution >= 0.6 is 22.9 Å². The van der Waals surface area contributed by atoms with Crippen LogP contribution in [0.2, 0.25) is 5.02 Å². The fourth-order valence-electron chi connectivity index (χ4n) is 2.35. The molecule has 2 heterocycles. The van der Waals surface area contributed by atoms with Crippen molar-refractivity contribution in [3.63, 3.8) is 0 Å². The van der Waals surface area contributed by atoms with Crippen LogP contribution in [0.1, 0.15) is 4.88 Å². The predicted octanol–water partition coefficient (Wildman–Crippen LogP) is 4.14. The molecule has 1 fully saturated rings. The van der Waals surface area contributed by atoms with Crippen LogP contribution in [-0.2, 0) is 6.18 Å². The highest BCUT2D eigenvalue weighted by atomic mass is 35.5. The summed E-state index contributed by atoms with van der Waals surface area (Å²) in [7, 11) is 0. The van der Waals surface area contributed by atoms with Gasteiger partial charge in [-0.15, -0.1) is 0 Å². The molecule has 0 saturated carbocycles. The van der Waals surface area contributed by atoms with Crippen molar-refractivity contribution in [2.45, 2.75) is 6.18 Å². The third-order valence-electron chi connectivity index (χ3n) is 3.51. The average Bonchev–Trinajstić information content (AvgIpc) is 2.98. The summed E-state index contributed by atoms with van der Waals surface area (Å²) in [4.78, 5) is 7.33. The highest BCUT2D eigenvalue weighted by Gasteiger charge is 2.34. The van der Waals surface area contributed by atoms with Gasteiger partial charge < -0.3 is 9.80 Å². The van der Waals surface area contributed by atoms with E-state index in [1.54, 1.807) is 0 Å². The second-order valence-electron chi connectivity index (χ2n) is 4.96. The highest BCUT2D eigenvalue weighted by molar-refractivity contribution is 7.15. The zero-order valence-electron chi connectivity index (χ0n) is 11.5. The molecule has 22 heavy (non-hydrogen) atoms. The fraction of sp³-hybridized carbons (Fsp3) is 0.357. The van der Waals surface area contributed by atoms with Crippen LogP contribution < -0.4 is 9.80 Å². The van der Waals surface area contributed by atoms with E-state index in [-0.39, 0.29) is 0 Å². The first-order valence-corrected chi connectivity index (χ1v) is 7.91. The highest BCUT2D eigenvalue weighted by Crippen LogP contribution is 2.36. The zero-order valence-corrected chi connectivity index (χ0v) is 13.0. The lowest BCUT2D eigenvalue weighted by atomic mass is 10.2. The van der Waals surface area contributed by atoms with Crippen LogP contribution in [0.25, 0.3) is 0 Å². The van der Waals surface area contributed by atoms with Gasteiger partial charge in [-0.1, -0.05) is 22.9 Å². The van der Waals surface area contributed by atoms with E-state index in [0.29, 0.717) is 34.6 Å². The molecule has 1 saturated heterocycles. The molecule has 1 aromatic heterocycles. The maximum Gasteiger partial charge on any atom is 0.427 e. The van der Waals surface area contributed by atoms with Crippen LogP contribution in [0.5, 0.6) is 0 Å². The Labute approximate surface area is 134 Å². The lowest BCUT2D eigenvalue weighted by molar-refractivity contribution is -0.134. The molecule has 118 valence electrons. The fourth-order valence-corrected chi connectivity index (χ4v) is 3.31. The molecular formula is C14H13ClF3N3S. The minimum absolute atomic E-state index is 0.433. The number of halogens is 4. The van der Waals surface area contributed by atoms with Crippen LogP contribution in [0, 0.1) is 0 Å². The summed E-state index contributed by atoms with van der Waals surface area (Å²) < 4.78 is 37.9. The minimum Gasteiger partial charge on any atom is -0.368 e. The Bertz CT molecular complexity index is 634. The van der Waals surface area contributed by atoms with E-state index in [4.69, 9.17) is 11.6 Å². The molecule has 8 heteroatoms. The van der Waals surface area contributed by atoms with E-state index >= 15 is 0 Å². The summed E-state index contributed by atoms with van der Waals surface area (Å²) in [5.74, 6) is 0. The Morgan fingerprint density at radius 1 is 1.00 bits per heavy atom. The quantitative estimate of drug-likeness (QED) is 0.814. The Kier molecular flexibility index (Phi) is 4.18. The summed E-state index contributed by atoms with van der Waals surface area (Å²) in [5.41, 5.74) is 1.07. The Hall–Kier alpha value is -1.47. The Balaban J connectivity index is 1.64. The molecule has 3 rings (SSSR count). The number of hydrogen-bond donors (Lipinski definition) is 0. The van der Waals surface area contributed by atoms with Gasteiger partial charge in [-0.2, -0.15) is 13.2 Å². The molecule has 2 aromatic rings. The van der Waals surface area contributed by atoms with Crippen molar-refractivity contribution >= 4 is 33.8 Å². The summed E-state index contributed by atoms with van der Waals surface area (Å²) >= 11 is 6.57. The van der Waals surface area contributed by atoms with Crippen molar-refractivity contribution in [1.29, 1.82) is 0 Å². The number of rotatable bonds is 2. The summed E-state index contributed by atoms with van der Waals surface area (Å²) in [6.07, 6.45) is -3.41. The van der Waals surface area contributed by atoms with Crippen LogP contribution in [-0.4, -0.2) is 31.2 Å². The number of thiazole rings is 1. The smallest absolute Gasteiger partial charge is 0.368 e. The molecule has 0 unspecified atom stereocenters. The van der Waals surface area contributed by atoms with Gasteiger partial charge in [0.15, 0.2) is 5.13 Å². The summed E-state index contributed by atoms with van der Waals surface area (Å²) in [6.45, 7) is 2.77. The first kappa shape index (κ1) is 15.4. The maximum atomic E-state index is 12.6. The molecule has 1 aliphatic rings. The number of nitrogens with zero attached hydrogens (tertiary/aromatic N) is 3. The molecule has 1 aromatic carbocycles. The normalized spacial score (nSPS) is 16.2. The van der Waals surface area contributed by atoms with E-state index in [2.05, 4.69) is 9.88 Å². The predicted molar refractivity (Wildman–Crippen MR) is 83.0 cm³/mol. The first-order chi connectivity index (χ1) is 10.4. The number of alkyl halides is 3. The average molecular weight is 348 g/mol. The molecule has 0 atom stereocenters. The number of anilines is 2. The number of benzene rings is 1. The zero-order chi connectivity index (χ0) is 15.7. The van der Waals surface area contributed by atoms with E-state index in [0.717, 1.165) is 25.0 Å². The lowest BCUT2D eigenvalue weighted by Crippen LogP contribution is -2.46. The van der Waals surface area contributed by atoms with E-state index < -0.39 is 11.1 Å².